The quantitative estimate of drug-likeness (QED) is 0.725. The molecule has 1 aromatic rings. The number of nitrogens with zero attached hydrogens (tertiary/aromatic N) is 2. The van der Waals surface area contributed by atoms with Gasteiger partial charge in [-0.3, -0.25) is 0 Å². The minimum Gasteiger partial charge on any atom is -0.337 e. The molecule has 0 aliphatic carbocycles. The predicted molar refractivity (Wildman–Crippen MR) is 63.9 cm³/mol. The number of halogens is 1. The molecule has 0 amide bonds. The zero-order valence-electron chi connectivity index (χ0n) is 9.12. The van der Waals surface area contributed by atoms with Gasteiger partial charge in [0.25, 0.3) is 0 Å². The molecule has 0 bridgehead atoms. The largest absolute Gasteiger partial charge is 0.337 e. The summed E-state index contributed by atoms with van der Waals surface area (Å²) >= 11 is 5.55. The fourth-order valence-electron chi connectivity index (χ4n) is 1.29. The van der Waals surface area contributed by atoms with Crippen molar-refractivity contribution in [2.45, 2.75) is 26.3 Å². The molecule has 0 unspecified atom stereocenters. The van der Waals surface area contributed by atoms with E-state index in [-0.39, 0.29) is 0 Å². The maximum atomic E-state index is 5.55. The van der Waals surface area contributed by atoms with Crippen LogP contribution in [0, 0.1) is 0 Å². The molecule has 1 aromatic heterocycles. The van der Waals surface area contributed by atoms with Crippen molar-refractivity contribution in [3.05, 3.63) is 29.8 Å². The maximum Gasteiger partial charge on any atom is 0.0945 e. The summed E-state index contributed by atoms with van der Waals surface area (Å²) in [5.41, 5.74) is 2.80. The van der Waals surface area contributed by atoms with Crippen LogP contribution in [-0.2, 0) is 6.54 Å². The molecule has 0 fully saturated rings. The van der Waals surface area contributed by atoms with Crippen molar-refractivity contribution in [2.75, 3.05) is 13.1 Å². The highest BCUT2D eigenvalue weighted by molar-refractivity contribution is 6.25. The van der Waals surface area contributed by atoms with Crippen molar-refractivity contribution in [1.29, 1.82) is 0 Å². The van der Waals surface area contributed by atoms with Gasteiger partial charge in [-0.1, -0.05) is 11.6 Å². The van der Waals surface area contributed by atoms with Crippen molar-refractivity contribution >= 4 is 11.6 Å². The summed E-state index contributed by atoms with van der Waals surface area (Å²) < 4.78 is 2.10. The molecule has 0 aromatic carbocycles. The van der Waals surface area contributed by atoms with Crippen LogP contribution in [0.25, 0.3) is 0 Å². The highest BCUT2D eigenvalue weighted by atomic mass is 35.5. The first-order valence-electron chi connectivity index (χ1n) is 5.25. The summed E-state index contributed by atoms with van der Waals surface area (Å²) in [5.74, 6) is 0. The van der Waals surface area contributed by atoms with Crippen molar-refractivity contribution in [2.24, 2.45) is 0 Å². The van der Waals surface area contributed by atoms with Gasteiger partial charge in [-0.15, -0.1) is 0 Å². The van der Waals surface area contributed by atoms with Crippen molar-refractivity contribution in [3.8, 4) is 0 Å². The van der Waals surface area contributed by atoms with Gasteiger partial charge < -0.3 is 9.88 Å². The zero-order chi connectivity index (χ0) is 10.9. The van der Waals surface area contributed by atoms with Crippen LogP contribution in [0.3, 0.4) is 0 Å². The number of hydrogen-bond donors (Lipinski definition) is 1. The van der Waals surface area contributed by atoms with Gasteiger partial charge >= 0.3 is 0 Å². The molecule has 84 valence electrons. The third kappa shape index (κ3) is 5.60. The normalized spacial score (nSPS) is 12.0. The molecular formula is C11H18ClN3. The van der Waals surface area contributed by atoms with Crippen molar-refractivity contribution < 1.29 is 0 Å². The molecular weight excluding hydrogens is 210 g/mol. The Balaban J connectivity index is 1.94. The average Bonchev–Trinajstić information content (AvgIpc) is 2.75. The fraction of sp³-hybridized carbons (Fsp3) is 0.545. The molecule has 0 aliphatic rings. The lowest BCUT2D eigenvalue weighted by Crippen LogP contribution is -2.17. The minimum atomic E-state index is 0.884. The molecule has 1 heterocycles. The monoisotopic (exact) mass is 227 g/mol. The standard InChI is InChI=1S/C11H18ClN3/c1-11(8-12)9-13-4-2-3-6-15-7-5-14-10-15/h5,7-8,10,13H,2-4,6,9H2,1H3/b11-8-. The van der Waals surface area contributed by atoms with E-state index in [0.29, 0.717) is 0 Å². The second-order valence-electron chi connectivity index (χ2n) is 3.64. The van der Waals surface area contributed by atoms with E-state index in [1.54, 1.807) is 5.54 Å². The van der Waals surface area contributed by atoms with E-state index < -0.39 is 0 Å². The average molecular weight is 228 g/mol. The number of rotatable bonds is 7. The second kappa shape index (κ2) is 7.49. The van der Waals surface area contributed by atoms with Gasteiger partial charge in [0.15, 0.2) is 0 Å². The number of aromatic nitrogens is 2. The summed E-state index contributed by atoms with van der Waals surface area (Å²) in [7, 11) is 0. The van der Waals surface area contributed by atoms with Crippen LogP contribution in [0.15, 0.2) is 29.8 Å². The molecule has 1 rings (SSSR count). The Morgan fingerprint density at radius 2 is 2.40 bits per heavy atom. The Bertz CT molecular complexity index is 280. The highest BCUT2D eigenvalue weighted by Crippen LogP contribution is 1.95. The van der Waals surface area contributed by atoms with E-state index in [0.717, 1.165) is 19.6 Å². The molecule has 0 saturated carbocycles. The van der Waals surface area contributed by atoms with Gasteiger partial charge in [0.05, 0.1) is 6.33 Å². The second-order valence-corrected chi connectivity index (χ2v) is 3.86. The SMILES string of the molecule is C/C(=C/Cl)CNCCCCn1ccnc1. The third-order valence-electron chi connectivity index (χ3n) is 2.17. The Morgan fingerprint density at radius 1 is 1.53 bits per heavy atom. The number of nitrogens with one attached hydrogen (secondary N) is 1. The molecule has 4 heteroatoms. The van der Waals surface area contributed by atoms with Crippen LogP contribution in [0.2, 0.25) is 0 Å². The lowest BCUT2D eigenvalue weighted by molar-refractivity contribution is 0.579. The van der Waals surface area contributed by atoms with Gasteiger partial charge in [-0.05, 0) is 31.9 Å². The van der Waals surface area contributed by atoms with E-state index in [1.807, 2.05) is 25.6 Å². The lowest BCUT2D eigenvalue weighted by atomic mass is 10.3. The molecule has 15 heavy (non-hydrogen) atoms. The van der Waals surface area contributed by atoms with E-state index >= 15 is 0 Å². The van der Waals surface area contributed by atoms with Crippen LogP contribution >= 0.6 is 11.6 Å². The first kappa shape index (κ1) is 12.3. The van der Waals surface area contributed by atoms with Crippen LogP contribution in [0.4, 0.5) is 0 Å². The third-order valence-corrected chi connectivity index (χ3v) is 2.54. The van der Waals surface area contributed by atoms with Gasteiger partial charge in [-0.2, -0.15) is 0 Å². The minimum absolute atomic E-state index is 0.884. The number of aryl methyl sites for hydroxylation is 1. The molecule has 0 atom stereocenters. The molecule has 0 saturated heterocycles. The molecule has 0 radical (unpaired) electrons. The summed E-state index contributed by atoms with van der Waals surface area (Å²) in [6.07, 6.45) is 8.01. The number of unbranched alkanes of at least 4 members (excludes halogenated alkanes) is 1. The first-order valence-corrected chi connectivity index (χ1v) is 5.69. The summed E-state index contributed by atoms with van der Waals surface area (Å²) in [4.78, 5) is 4.00. The van der Waals surface area contributed by atoms with E-state index in [2.05, 4.69) is 14.9 Å². The molecule has 1 N–H and O–H groups in total. The zero-order valence-corrected chi connectivity index (χ0v) is 9.87. The summed E-state index contributed by atoms with van der Waals surface area (Å²) in [6.45, 7) is 4.99. The molecule has 0 aliphatic heterocycles. The molecule has 3 nitrogen and oxygen atoms in total. The van der Waals surface area contributed by atoms with E-state index in [1.165, 1.54) is 18.4 Å². The van der Waals surface area contributed by atoms with Gasteiger partial charge in [0.1, 0.15) is 0 Å². The number of hydrogen-bond acceptors (Lipinski definition) is 2. The summed E-state index contributed by atoms with van der Waals surface area (Å²) in [6, 6.07) is 0. The highest BCUT2D eigenvalue weighted by Gasteiger charge is 1.92. The van der Waals surface area contributed by atoms with Crippen LogP contribution in [0.5, 0.6) is 0 Å². The fourth-order valence-corrected chi connectivity index (χ4v) is 1.36. The van der Waals surface area contributed by atoms with Crippen LogP contribution in [-0.4, -0.2) is 22.6 Å². The maximum absolute atomic E-state index is 5.55. The van der Waals surface area contributed by atoms with Gasteiger partial charge in [0.2, 0.25) is 0 Å². The lowest BCUT2D eigenvalue weighted by Gasteiger charge is -2.04. The smallest absolute Gasteiger partial charge is 0.0945 e. The number of imidazole rings is 1. The Hall–Kier alpha value is -0.800. The topological polar surface area (TPSA) is 29.9 Å². The summed E-state index contributed by atoms with van der Waals surface area (Å²) in [5, 5.41) is 3.34. The van der Waals surface area contributed by atoms with E-state index in [4.69, 9.17) is 11.6 Å². The van der Waals surface area contributed by atoms with Crippen LogP contribution < -0.4 is 5.32 Å². The van der Waals surface area contributed by atoms with Crippen molar-refractivity contribution in [1.82, 2.24) is 14.9 Å². The van der Waals surface area contributed by atoms with Gasteiger partial charge in [-0.25, -0.2) is 4.98 Å². The Labute approximate surface area is 96.2 Å². The van der Waals surface area contributed by atoms with Crippen molar-refractivity contribution in [3.63, 3.8) is 0 Å². The van der Waals surface area contributed by atoms with E-state index in [9.17, 15) is 0 Å². The Morgan fingerprint density at radius 3 is 3.07 bits per heavy atom. The first-order chi connectivity index (χ1) is 7.33. The molecule has 0 spiro atoms. The Kier molecular flexibility index (Phi) is 6.12. The van der Waals surface area contributed by atoms with Crippen LogP contribution in [0.1, 0.15) is 19.8 Å². The van der Waals surface area contributed by atoms with Gasteiger partial charge in [0, 0.05) is 31.0 Å². The predicted octanol–water partition coefficient (Wildman–Crippen LogP) is 2.40.